The third-order valence-corrected chi connectivity index (χ3v) is 4.46. The fraction of sp³-hybridized carbons (Fsp3) is 0.500. The number of benzene rings is 1. The zero-order valence-corrected chi connectivity index (χ0v) is 14.1. The number of hydrogen-bond acceptors (Lipinski definition) is 4. The van der Waals surface area contributed by atoms with Crippen LogP contribution in [0.25, 0.3) is 0 Å². The van der Waals surface area contributed by atoms with Gasteiger partial charge in [-0.1, -0.05) is 0 Å². The smallest absolute Gasteiger partial charge is 0.231 e. The summed E-state index contributed by atoms with van der Waals surface area (Å²) in [7, 11) is 3.85. The molecule has 0 unspecified atom stereocenters. The van der Waals surface area contributed by atoms with Gasteiger partial charge >= 0.3 is 0 Å². The van der Waals surface area contributed by atoms with Crippen LogP contribution in [-0.2, 0) is 7.05 Å². The Kier molecular flexibility index (Phi) is 5.59. The van der Waals surface area contributed by atoms with E-state index in [0.717, 1.165) is 43.1 Å². The van der Waals surface area contributed by atoms with E-state index >= 15 is 0 Å². The van der Waals surface area contributed by atoms with Crippen LogP contribution in [-0.4, -0.2) is 33.0 Å². The molecule has 5 nitrogen and oxygen atoms in total. The first-order valence-corrected chi connectivity index (χ1v) is 7.63. The van der Waals surface area contributed by atoms with E-state index in [4.69, 9.17) is 0 Å². The molecule has 7 heteroatoms. The first-order valence-electron chi connectivity index (χ1n) is 7.63. The van der Waals surface area contributed by atoms with E-state index in [1.807, 2.05) is 23.6 Å². The molecule has 0 saturated heterocycles. The average molecular weight is 341 g/mol. The average Bonchev–Trinajstić information content (AvgIpc) is 2.90. The van der Waals surface area contributed by atoms with Crippen LogP contribution in [0, 0.1) is 5.82 Å². The Balaban J connectivity index is 0.00000192. The largest absolute Gasteiger partial charge is 0.393 e. The van der Waals surface area contributed by atoms with Crippen molar-refractivity contribution in [2.45, 2.75) is 37.7 Å². The standard InChI is InChI=1S/C16H21FN4O.ClH/c1-20(13-7-5-12(17)6-8-13)16-19-18-15(21(16)2)11-3-9-14(22)10-4-11;/h5-8,11,14,22H,3-4,9-10H2,1-2H3;1H. The van der Waals surface area contributed by atoms with Crippen LogP contribution >= 0.6 is 12.4 Å². The van der Waals surface area contributed by atoms with E-state index in [1.165, 1.54) is 12.1 Å². The lowest BCUT2D eigenvalue weighted by molar-refractivity contribution is 0.121. The molecule has 0 aliphatic heterocycles. The van der Waals surface area contributed by atoms with Crippen LogP contribution in [0.1, 0.15) is 37.4 Å². The van der Waals surface area contributed by atoms with Gasteiger partial charge in [0.05, 0.1) is 6.10 Å². The number of nitrogens with zero attached hydrogens (tertiary/aromatic N) is 4. The van der Waals surface area contributed by atoms with Gasteiger partial charge in [-0.15, -0.1) is 22.6 Å². The van der Waals surface area contributed by atoms with Gasteiger partial charge in [0.15, 0.2) is 0 Å². The zero-order valence-electron chi connectivity index (χ0n) is 13.3. The summed E-state index contributed by atoms with van der Waals surface area (Å²) in [5.41, 5.74) is 0.863. The van der Waals surface area contributed by atoms with Crippen molar-refractivity contribution in [2.75, 3.05) is 11.9 Å². The van der Waals surface area contributed by atoms with Gasteiger partial charge in [0.2, 0.25) is 5.95 Å². The molecule has 2 aromatic rings. The van der Waals surface area contributed by atoms with Crippen LogP contribution in [0.4, 0.5) is 16.0 Å². The quantitative estimate of drug-likeness (QED) is 0.932. The number of halogens is 2. The molecule has 1 aromatic heterocycles. The maximum absolute atomic E-state index is 13.0. The van der Waals surface area contributed by atoms with Gasteiger partial charge in [-0.3, -0.25) is 4.57 Å². The highest BCUT2D eigenvalue weighted by Gasteiger charge is 2.26. The summed E-state index contributed by atoms with van der Waals surface area (Å²) in [6.07, 6.45) is 3.34. The van der Waals surface area contributed by atoms with E-state index in [9.17, 15) is 9.50 Å². The van der Waals surface area contributed by atoms with Crippen molar-refractivity contribution < 1.29 is 9.50 Å². The van der Waals surface area contributed by atoms with Crippen LogP contribution in [0.3, 0.4) is 0 Å². The molecule has 23 heavy (non-hydrogen) atoms. The van der Waals surface area contributed by atoms with Crippen molar-refractivity contribution >= 4 is 24.0 Å². The Morgan fingerprint density at radius 2 is 1.74 bits per heavy atom. The van der Waals surface area contributed by atoms with Crippen molar-refractivity contribution in [3.63, 3.8) is 0 Å². The molecule has 1 heterocycles. The second-order valence-electron chi connectivity index (χ2n) is 5.96. The van der Waals surface area contributed by atoms with Gasteiger partial charge in [0, 0.05) is 25.7 Å². The molecule has 0 bridgehead atoms. The Hall–Kier alpha value is -1.66. The molecule has 1 aliphatic rings. The van der Waals surface area contributed by atoms with Crippen LogP contribution in [0.15, 0.2) is 24.3 Å². The summed E-state index contributed by atoms with van der Waals surface area (Å²) in [4.78, 5) is 1.90. The van der Waals surface area contributed by atoms with E-state index in [0.29, 0.717) is 5.92 Å². The summed E-state index contributed by atoms with van der Waals surface area (Å²) in [6, 6.07) is 6.32. The zero-order chi connectivity index (χ0) is 15.7. The molecule has 1 aromatic carbocycles. The lowest BCUT2D eigenvalue weighted by Gasteiger charge is -2.25. The molecule has 1 aliphatic carbocycles. The maximum Gasteiger partial charge on any atom is 0.231 e. The molecule has 0 radical (unpaired) electrons. The minimum absolute atomic E-state index is 0. The second kappa shape index (κ2) is 7.27. The Morgan fingerprint density at radius 3 is 2.35 bits per heavy atom. The highest BCUT2D eigenvalue weighted by Crippen LogP contribution is 2.33. The molecule has 3 rings (SSSR count). The first-order chi connectivity index (χ1) is 10.6. The SMILES string of the molecule is CN(c1ccc(F)cc1)c1nnc(C2CCC(O)CC2)n1C.Cl. The lowest BCUT2D eigenvalue weighted by atomic mass is 9.87. The fourth-order valence-corrected chi connectivity index (χ4v) is 3.09. The van der Waals surface area contributed by atoms with E-state index in [-0.39, 0.29) is 24.3 Å². The molecule has 1 saturated carbocycles. The third-order valence-electron chi connectivity index (χ3n) is 4.46. The molecule has 1 fully saturated rings. The minimum atomic E-state index is -0.253. The number of aliphatic hydroxyl groups excluding tert-OH is 1. The number of hydrogen-bond donors (Lipinski definition) is 1. The van der Waals surface area contributed by atoms with Gasteiger partial charge in [-0.25, -0.2) is 4.39 Å². The van der Waals surface area contributed by atoms with Crippen molar-refractivity contribution in [3.05, 3.63) is 35.9 Å². The fourth-order valence-electron chi connectivity index (χ4n) is 3.09. The van der Waals surface area contributed by atoms with Crippen molar-refractivity contribution in [1.29, 1.82) is 0 Å². The maximum atomic E-state index is 13.0. The summed E-state index contributed by atoms with van der Waals surface area (Å²) in [5, 5.41) is 18.3. The summed E-state index contributed by atoms with van der Waals surface area (Å²) >= 11 is 0. The van der Waals surface area contributed by atoms with Crippen LogP contribution in [0.2, 0.25) is 0 Å². The predicted octanol–water partition coefficient (Wildman–Crippen LogP) is 3.16. The highest BCUT2D eigenvalue weighted by molar-refractivity contribution is 5.85. The van der Waals surface area contributed by atoms with Crippen molar-refractivity contribution in [3.8, 4) is 0 Å². The molecule has 0 spiro atoms. The normalized spacial score (nSPS) is 20.9. The van der Waals surface area contributed by atoms with Gasteiger partial charge in [-0.05, 0) is 49.9 Å². The second-order valence-corrected chi connectivity index (χ2v) is 5.96. The number of rotatable bonds is 3. The molecule has 0 amide bonds. The van der Waals surface area contributed by atoms with Crippen LogP contribution < -0.4 is 4.90 Å². The summed E-state index contributed by atoms with van der Waals surface area (Å²) in [5.74, 6) is 1.77. The minimum Gasteiger partial charge on any atom is -0.393 e. The summed E-state index contributed by atoms with van der Waals surface area (Å²) < 4.78 is 15.0. The van der Waals surface area contributed by atoms with E-state index in [1.54, 1.807) is 12.1 Å². The number of aromatic nitrogens is 3. The van der Waals surface area contributed by atoms with Gasteiger partial charge in [0.25, 0.3) is 0 Å². The molecule has 126 valence electrons. The van der Waals surface area contributed by atoms with Gasteiger partial charge < -0.3 is 10.0 Å². The van der Waals surface area contributed by atoms with Gasteiger partial charge in [-0.2, -0.15) is 0 Å². The molecule has 1 N–H and O–H groups in total. The monoisotopic (exact) mass is 340 g/mol. The lowest BCUT2D eigenvalue weighted by Crippen LogP contribution is -2.20. The highest BCUT2D eigenvalue weighted by atomic mass is 35.5. The Morgan fingerprint density at radius 1 is 1.13 bits per heavy atom. The van der Waals surface area contributed by atoms with Gasteiger partial charge in [0.1, 0.15) is 11.6 Å². The first kappa shape index (κ1) is 17.7. The summed E-state index contributed by atoms with van der Waals surface area (Å²) in [6.45, 7) is 0. The Bertz CT molecular complexity index is 638. The Labute approximate surface area is 141 Å². The van der Waals surface area contributed by atoms with Crippen molar-refractivity contribution in [2.24, 2.45) is 7.05 Å². The number of aliphatic hydroxyl groups is 1. The van der Waals surface area contributed by atoms with E-state index in [2.05, 4.69) is 10.2 Å². The topological polar surface area (TPSA) is 54.2 Å². The predicted molar refractivity (Wildman–Crippen MR) is 89.9 cm³/mol. The number of anilines is 2. The molecular weight excluding hydrogens is 319 g/mol. The van der Waals surface area contributed by atoms with E-state index < -0.39 is 0 Å². The van der Waals surface area contributed by atoms with Crippen molar-refractivity contribution in [1.82, 2.24) is 14.8 Å². The third kappa shape index (κ3) is 3.64. The van der Waals surface area contributed by atoms with Crippen LogP contribution in [0.5, 0.6) is 0 Å². The molecular formula is C16H22ClFN4O. The molecule has 0 atom stereocenters.